The quantitative estimate of drug-likeness (QED) is 0.338. The van der Waals surface area contributed by atoms with Gasteiger partial charge in [-0.25, -0.2) is 0 Å². The van der Waals surface area contributed by atoms with Crippen LogP contribution in [0.15, 0.2) is 0 Å². The van der Waals surface area contributed by atoms with Crippen LogP contribution in [0.4, 0.5) is 0 Å². The molecule has 0 aliphatic rings. The minimum atomic E-state index is 0. The van der Waals surface area contributed by atoms with E-state index in [1.165, 1.54) is 64.2 Å². The number of halogens is 2. The first-order valence-electron chi connectivity index (χ1n) is 6.48. The average Bonchev–Trinajstić information content (AvgIpc) is 2.15. The fraction of sp³-hybridized carbons (Fsp3) is 1.00. The maximum atomic E-state index is 2.36. The van der Waals surface area contributed by atoms with Crippen LogP contribution in [0.1, 0.15) is 78.1 Å². The molecule has 3 radical (unpaired) electrons. The Morgan fingerprint density at radius 1 is 0.750 bits per heavy atom. The van der Waals surface area contributed by atoms with Crippen LogP contribution >= 0.6 is 24.8 Å². The summed E-state index contributed by atoms with van der Waals surface area (Å²) in [5.74, 6) is 0. The molecule has 0 aromatic carbocycles. The molecule has 0 aromatic heterocycles. The van der Waals surface area contributed by atoms with Crippen LogP contribution in [-0.4, -0.2) is 22.5 Å². The summed E-state index contributed by atoms with van der Waals surface area (Å²) in [6.45, 7) is 4.65. The van der Waals surface area contributed by atoms with Crippen LogP contribution in [0.2, 0.25) is 3.93 Å². The van der Waals surface area contributed by atoms with Gasteiger partial charge >= 0.3 is 105 Å². The molecule has 1 atom stereocenters. The van der Waals surface area contributed by atoms with Crippen molar-refractivity contribution >= 4 is 47.3 Å². The zero-order valence-corrected chi connectivity index (χ0v) is 15.5. The third-order valence-electron chi connectivity index (χ3n) is 2.74. The second kappa shape index (κ2) is 18.7. The number of hydrogen-bond acceptors (Lipinski definition) is 0. The van der Waals surface area contributed by atoms with E-state index >= 15 is 0 Å². The third kappa shape index (κ3) is 20.7. The largest absolute Gasteiger partial charge is 0.147 e. The SMILES string of the molecule is CCCCCCCCCCC[CH](C)[Sn].Cl.Cl. The van der Waals surface area contributed by atoms with Gasteiger partial charge in [0, 0.05) is 0 Å². The normalized spacial score (nSPS) is 11.4. The van der Waals surface area contributed by atoms with Crippen molar-refractivity contribution in [2.24, 2.45) is 0 Å². The Kier molecular flexibility index (Phi) is 26.4. The first-order chi connectivity index (χ1) is 6.77. The Hall–Kier alpha value is 1.38. The molecule has 0 spiro atoms. The van der Waals surface area contributed by atoms with Crippen LogP contribution in [0, 0.1) is 0 Å². The van der Waals surface area contributed by atoms with Crippen LogP contribution in [-0.2, 0) is 0 Å². The van der Waals surface area contributed by atoms with Crippen LogP contribution in [0.5, 0.6) is 0 Å². The van der Waals surface area contributed by atoms with Crippen molar-refractivity contribution in [1.29, 1.82) is 0 Å². The maximum Gasteiger partial charge on any atom is -0.147 e. The molecule has 0 saturated heterocycles. The average molecular weight is 375 g/mol. The van der Waals surface area contributed by atoms with E-state index in [1.54, 1.807) is 22.5 Å². The van der Waals surface area contributed by atoms with Crippen LogP contribution < -0.4 is 0 Å². The van der Waals surface area contributed by atoms with Crippen LogP contribution in [0.25, 0.3) is 0 Å². The second-order valence-corrected chi connectivity index (χ2v) is 7.33. The minimum absolute atomic E-state index is 0. The predicted molar refractivity (Wildman–Crippen MR) is 81.5 cm³/mol. The van der Waals surface area contributed by atoms with Crippen molar-refractivity contribution in [3.05, 3.63) is 0 Å². The van der Waals surface area contributed by atoms with Gasteiger partial charge in [0.1, 0.15) is 0 Å². The molecular formula is C13H29Cl2Sn. The number of hydrogen-bond donors (Lipinski definition) is 0. The summed E-state index contributed by atoms with van der Waals surface area (Å²) >= 11 is 1.72. The summed E-state index contributed by atoms with van der Waals surface area (Å²) in [6, 6.07) is 0. The summed E-state index contributed by atoms with van der Waals surface area (Å²) in [5, 5.41) is 0. The van der Waals surface area contributed by atoms with Gasteiger partial charge in [-0.3, -0.25) is 0 Å². The Morgan fingerprint density at radius 3 is 1.50 bits per heavy atom. The summed E-state index contributed by atoms with van der Waals surface area (Å²) in [4.78, 5) is 0. The summed E-state index contributed by atoms with van der Waals surface area (Å²) in [6.07, 6.45) is 14.6. The van der Waals surface area contributed by atoms with E-state index in [4.69, 9.17) is 0 Å². The van der Waals surface area contributed by atoms with Crippen LogP contribution in [0.3, 0.4) is 0 Å². The molecule has 0 bridgehead atoms. The topological polar surface area (TPSA) is 0 Å². The van der Waals surface area contributed by atoms with E-state index in [9.17, 15) is 0 Å². The molecule has 0 fully saturated rings. The minimum Gasteiger partial charge on any atom is -0.147 e. The van der Waals surface area contributed by atoms with E-state index < -0.39 is 0 Å². The van der Waals surface area contributed by atoms with E-state index in [2.05, 4.69) is 13.8 Å². The Balaban J connectivity index is -0.000000845. The molecule has 0 aromatic rings. The molecule has 0 N–H and O–H groups in total. The van der Waals surface area contributed by atoms with Gasteiger partial charge in [-0.2, -0.15) is 0 Å². The van der Waals surface area contributed by atoms with Crippen molar-refractivity contribution in [2.45, 2.75) is 82.0 Å². The molecule has 0 amide bonds. The van der Waals surface area contributed by atoms with Crippen molar-refractivity contribution in [1.82, 2.24) is 0 Å². The molecule has 3 heteroatoms. The van der Waals surface area contributed by atoms with E-state index in [-0.39, 0.29) is 24.8 Å². The third-order valence-corrected chi connectivity index (χ3v) is 3.56. The van der Waals surface area contributed by atoms with Gasteiger partial charge in [0.15, 0.2) is 0 Å². The van der Waals surface area contributed by atoms with E-state index in [1.807, 2.05) is 0 Å². The van der Waals surface area contributed by atoms with Crippen molar-refractivity contribution in [3.63, 3.8) is 0 Å². The van der Waals surface area contributed by atoms with Gasteiger partial charge in [-0.1, -0.05) is 0 Å². The first-order valence-corrected chi connectivity index (χ1v) is 8.13. The first kappa shape index (κ1) is 22.5. The fourth-order valence-electron chi connectivity index (χ4n) is 1.76. The van der Waals surface area contributed by atoms with Crippen molar-refractivity contribution < 1.29 is 0 Å². The predicted octanol–water partition coefficient (Wildman–Crippen LogP) is 5.73. The standard InChI is InChI=1S/C13H27.2ClH.Sn/c1-3-5-7-9-11-13-12-10-8-6-4-2;;;/h3H,4-13H2,1-2H3;2*1H;. The molecule has 0 rings (SSSR count). The molecule has 0 aliphatic heterocycles. The Bertz CT molecular complexity index is 108. The number of rotatable bonds is 10. The van der Waals surface area contributed by atoms with Gasteiger partial charge in [0.05, 0.1) is 0 Å². The molecule has 0 nitrogen and oxygen atoms in total. The Labute approximate surface area is 129 Å². The maximum absolute atomic E-state index is 2.36. The van der Waals surface area contributed by atoms with Gasteiger partial charge < -0.3 is 0 Å². The van der Waals surface area contributed by atoms with Gasteiger partial charge in [-0.15, -0.1) is 24.8 Å². The Morgan fingerprint density at radius 2 is 1.12 bits per heavy atom. The van der Waals surface area contributed by atoms with E-state index in [0.717, 1.165) is 3.93 Å². The fourth-order valence-corrected chi connectivity index (χ4v) is 2.34. The van der Waals surface area contributed by atoms with Crippen molar-refractivity contribution in [3.8, 4) is 0 Å². The zero-order valence-electron chi connectivity index (χ0n) is 11.0. The molecule has 0 aliphatic carbocycles. The second-order valence-electron chi connectivity index (χ2n) is 4.52. The van der Waals surface area contributed by atoms with Crippen molar-refractivity contribution in [2.75, 3.05) is 0 Å². The zero-order chi connectivity index (χ0) is 10.6. The van der Waals surface area contributed by atoms with Gasteiger partial charge in [0.2, 0.25) is 0 Å². The molecule has 99 valence electrons. The molecular weight excluding hydrogens is 346 g/mol. The summed E-state index contributed by atoms with van der Waals surface area (Å²) < 4.78 is 0.992. The molecule has 0 saturated carbocycles. The smallest absolute Gasteiger partial charge is 0.147 e. The molecule has 1 unspecified atom stereocenters. The monoisotopic (exact) mass is 375 g/mol. The summed E-state index contributed by atoms with van der Waals surface area (Å²) in [5.41, 5.74) is 0. The van der Waals surface area contributed by atoms with Gasteiger partial charge in [0.25, 0.3) is 0 Å². The summed E-state index contributed by atoms with van der Waals surface area (Å²) in [7, 11) is 0. The van der Waals surface area contributed by atoms with Gasteiger partial charge in [-0.05, 0) is 0 Å². The molecule has 16 heavy (non-hydrogen) atoms. The molecule has 0 heterocycles. The van der Waals surface area contributed by atoms with E-state index in [0.29, 0.717) is 0 Å². The number of unbranched alkanes of at least 4 members (excludes halogenated alkanes) is 8.